The minimum atomic E-state index is -0.289. The van der Waals surface area contributed by atoms with E-state index in [9.17, 15) is 9.90 Å². The molecule has 0 aromatic heterocycles. The summed E-state index contributed by atoms with van der Waals surface area (Å²) in [5.74, 6) is 0.846. The standard InChI is InChI=1S/C19H23IO2/c1-12-15-8-7-14(11-13-5-3-4-6-16(13)20)18(22)19(15,2)10-9-17(12)21/h3-6,11-12,15,17,21H,7-10H2,1-2H3/b14-11-/t12-,15?,17?,19-/m0/s1. The van der Waals surface area contributed by atoms with Crippen molar-refractivity contribution in [1.29, 1.82) is 0 Å². The molecule has 2 aliphatic carbocycles. The Kier molecular flexibility index (Phi) is 4.47. The van der Waals surface area contributed by atoms with Crippen molar-refractivity contribution in [1.82, 2.24) is 0 Å². The highest BCUT2D eigenvalue weighted by Crippen LogP contribution is 2.52. The number of rotatable bonds is 1. The number of ketones is 1. The van der Waals surface area contributed by atoms with Crippen LogP contribution in [0.1, 0.15) is 45.1 Å². The van der Waals surface area contributed by atoms with Crippen molar-refractivity contribution in [2.24, 2.45) is 17.3 Å². The van der Waals surface area contributed by atoms with E-state index in [1.165, 1.54) is 3.57 Å². The molecule has 0 bridgehead atoms. The van der Waals surface area contributed by atoms with Gasteiger partial charge in [0, 0.05) is 8.99 Å². The molecule has 0 heterocycles. The van der Waals surface area contributed by atoms with Crippen molar-refractivity contribution in [2.45, 2.75) is 45.6 Å². The van der Waals surface area contributed by atoms with Crippen molar-refractivity contribution in [3.63, 3.8) is 0 Å². The molecule has 1 N–H and O–H groups in total. The number of carbonyl (C=O) groups excluding carboxylic acids is 1. The maximum absolute atomic E-state index is 13.1. The number of benzene rings is 1. The second-order valence-corrected chi connectivity index (χ2v) is 8.21. The van der Waals surface area contributed by atoms with Crippen LogP contribution in [0.2, 0.25) is 0 Å². The third-order valence-electron chi connectivity index (χ3n) is 5.79. The molecular weight excluding hydrogens is 387 g/mol. The lowest BCUT2D eigenvalue weighted by Gasteiger charge is -2.49. The Morgan fingerprint density at radius 2 is 2.05 bits per heavy atom. The van der Waals surface area contributed by atoms with Crippen LogP contribution in [0.5, 0.6) is 0 Å². The maximum atomic E-state index is 13.1. The van der Waals surface area contributed by atoms with Gasteiger partial charge in [0.1, 0.15) is 0 Å². The number of hydrogen-bond acceptors (Lipinski definition) is 2. The van der Waals surface area contributed by atoms with Crippen LogP contribution < -0.4 is 0 Å². The fourth-order valence-electron chi connectivity index (χ4n) is 4.32. The summed E-state index contributed by atoms with van der Waals surface area (Å²) in [5, 5.41) is 10.1. The van der Waals surface area contributed by atoms with Crippen molar-refractivity contribution in [3.05, 3.63) is 39.0 Å². The zero-order chi connectivity index (χ0) is 15.9. The highest BCUT2D eigenvalue weighted by atomic mass is 127. The molecule has 22 heavy (non-hydrogen) atoms. The Morgan fingerprint density at radius 1 is 1.32 bits per heavy atom. The van der Waals surface area contributed by atoms with E-state index in [1.54, 1.807) is 0 Å². The fourth-order valence-corrected chi connectivity index (χ4v) is 4.86. The van der Waals surface area contributed by atoms with Gasteiger partial charge < -0.3 is 5.11 Å². The number of Topliss-reactive ketones (excluding diaryl/α,β-unsaturated/α-hetero) is 1. The minimum absolute atomic E-state index is 0.223. The minimum Gasteiger partial charge on any atom is -0.393 e. The highest BCUT2D eigenvalue weighted by Gasteiger charge is 2.51. The highest BCUT2D eigenvalue weighted by molar-refractivity contribution is 14.1. The number of aliphatic hydroxyl groups is 1. The largest absolute Gasteiger partial charge is 0.393 e. The van der Waals surface area contributed by atoms with E-state index in [2.05, 4.69) is 54.6 Å². The van der Waals surface area contributed by atoms with Crippen LogP contribution in [0.15, 0.2) is 29.8 Å². The SMILES string of the molecule is C[C@@H]1C(O)CC[C@]2(C)C(=O)/C(=C\c3ccccc3I)CCC12. The van der Waals surface area contributed by atoms with Crippen molar-refractivity contribution >= 4 is 34.5 Å². The smallest absolute Gasteiger partial charge is 0.165 e. The normalized spacial score (nSPS) is 37.2. The molecule has 118 valence electrons. The monoisotopic (exact) mass is 410 g/mol. The molecule has 2 saturated carbocycles. The molecule has 3 heteroatoms. The summed E-state index contributed by atoms with van der Waals surface area (Å²) in [5.41, 5.74) is 1.81. The second kappa shape index (κ2) is 6.08. The predicted octanol–water partition coefficient (Wildman–Crippen LogP) is 4.45. The van der Waals surface area contributed by atoms with Gasteiger partial charge in [-0.2, -0.15) is 0 Å². The Morgan fingerprint density at radius 3 is 2.77 bits per heavy atom. The summed E-state index contributed by atoms with van der Waals surface area (Å²) in [4.78, 5) is 13.1. The topological polar surface area (TPSA) is 37.3 Å². The van der Waals surface area contributed by atoms with Crippen molar-refractivity contribution in [3.8, 4) is 0 Å². The van der Waals surface area contributed by atoms with Gasteiger partial charge in [-0.25, -0.2) is 0 Å². The number of halogens is 1. The van der Waals surface area contributed by atoms with Gasteiger partial charge in [-0.05, 0) is 83.4 Å². The van der Waals surface area contributed by atoms with Gasteiger partial charge in [0.2, 0.25) is 0 Å². The Labute approximate surface area is 146 Å². The predicted molar refractivity (Wildman–Crippen MR) is 97.4 cm³/mol. The first-order valence-electron chi connectivity index (χ1n) is 8.11. The summed E-state index contributed by atoms with van der Waals surface area (Å²) in [6.07, 6.45) is 5.24. The number of aliphatic hydroxyl groups excluding tert-OH is 1. The van der Waals surface area contributed by atoms with Crippen LogP contribution in [-0.2, 0) is 4.79 Å². The Bertz CT molecular complexity index is 622. The number of fused-ring (bicyclic) bond motifs is 1. The van der Waals surface area contributed by atoms with Gasteiger partial charge in [-0.1, -0.05) is 32.0 Å². The van der Waals surface area contributed by atoms with Crippen LogP contribution in [0.3, 0.4) is 0 Å². The molecule has 4 atom stereocenters. The van der Waals surface area contributed by atoms with Crippen LogP contribution in [0.25, 0.3) is 6.08 Å². The lowest BCUT2D eigenvalue weighted by atomic mass is 9.55. The van der Waals surface area contributed by atoms with E-state index in [0.29, 0.717) is 11.7 Å². The third-order valence-corrected chi connectivity index (χ3v) is 6.77. The molecule has 3 rings (SSSR count). The average molecular weight is 410 g/mol. The Hall–Kier alpha value is -0.680. The molecule has 2 nitrogen and oxygen atoms in total. The summed E-state index contributed by atoms with van der Waals surface area (Å²) < 4.78 is 1.18. The van der Waals surface area contributed by atoms with Crippen LogP contribution in [-0.4, -0.2) is 17.0 Å². The summed E-state index contributed by atoms with van der Waals surface area (Å²) in [6.45, 7) is 4.22. The molecule has 0 radical (unpaired) electrons. The average Bonchev–Trinajstić information content (AvgIpc) is 2.50. The van der Waals surface area contributed by atoms with E-state index in [1.807, 2.05) is 12.1 Å². The van der Waals surface area contributed by atoms with Crippen LogP contribution >= 0.6 is 22.6 Å². The van der Waals surface area contributed by atoms with Gasteiger partial charge >= 0.3 is 0 Å². The van der Waals surface area contributed by atoms with E-state index in [4.69, 9.17) is 0 Å². The molecule has 0 amide bonds. The summed E-state index contributed by atoms with van der Waals surface area (Å²) in [7, 11) is 0. The molecule has 2 unspecified atom stereocenters. The van der Waals surface area contributed by atoms with Gasteiger partial charge in [-0.15, -0.1) is 0 Å². The van der Waals surface area contributed by atoms with Gasteiger partial charge in [0.05, 0.1) is 6.10 Å². The molecule has 1 aromatic carbocycles. The van der Waals surface area contributed by atoms with Crippen LogP contribution in [0, 0.1) is 20.8 Å². The number of hydrogen-bond donors (Lipinski definition) is 1. The van der Waals surface area contributed by atoms with Crippen LogP contribution in [0.4, 0.5) is 0 Å². The fraction of sp³-hybridized carbons (Fsp3) is 0.526. The van der Waals surface area contributed by atoms with Crippen molar-refractivity contribution in [2.75, 3.05) is 0 Å². The summed E-state index contributed by atoms with van der Waals surface area (Å²) in [6, 6.07) is 8.19. The number of allylic oxidation sites excluding steroid dienone is 1. The van der Waals surface area contributed by atoms with E-state index in [0.717, 1.165) is 36.8 Å². The second-order valence-electron chi connectivity index (χ2n) is 7.05. The third kappa shape index (κ3) is 2.67. The molecule has 0 spiro atoms. The number of carbonyl (C=O) groups is 1. The molecule has 2 fully saturated rings. The quantitative estimate of drug-likeness (QED) is 0.549. The molecule has 1 aromatic rings. The zero-order valence-electron chi connectivity index (χ0n) is 13.2. The van der Waals surface area contributed by atoms with Gasteiger partial charge in [0.25, 0.3) is 0 Å². The zero-order valence-corrected chi connectivity index (χ0v) is 15.3. The van der Waals surface area contributed by atoms with Gasteiger partial charge in [0.15, 0.2) is 5.78 Å². The summed E-state index contributed by atoms with van der Waals surface area (Å²) >= 11 is 2.32. The Balaban J connectivity index is 1.93. The first kappa shape index (κ1) is 16.2. The van der Waals surface area contributed by atoms with Crippen molar-refractivity contribution < 1.29 is 9.90 Å². The van der Waals surface area contributed by atoms with Gasteiger partial charge in [-0.3, -0.25) is 4.79 Å². The van der Waals surface area contributed by atoms with E-state index in [-0.39, 0.29) is 17.4 Å². The first-order chi connectivity index (χ1) is 10.4. The molecule has 2 aliphatic rings. The first-order valence-corrected chi connectivity index (χ1v) is 9.19. The lowest BCUT2D eigenvalue weighted by Crippen LogP contribution is -2.50. The molecule has 0 saturated heterocycles. The maximum Gasteiger partial charge on any atom is 0.165 e. The molecular formula is C19H23IO2. The van der Waals surface area contributed by atoms with E-state index >= 15 is 0 Å². The lowest BCUT2D eigenvalue weighted by molar-refractivity contribution is -0.137. The molecule has 0 aliphatic heterocycles. The van der Waals surface area contributed by atoms with E-state index < -0.39 is 0 Å².